The first-order valence-corrected chi connectivity index (χ1v) is 7.87. The Labute approximate surface area is 113 Å². The SMILES string of the molecule is CCCN(CCC)[C@@H]1CCCC(C(=O)C(C)C)C1. The minimum Gasteiger partial charge on any atom is -0.300 e. The van der Waals surface area contributed by atoms with Crippen molar-refractivity contribution in [2.45, 2.75) is 72.3 Å². The third-order valence-corrected chi connectivity index (χ3v) is 4.16. The molecular weight excluding hydrogens is 222 g/mol. The van der Waals surface area contributed by atoms with Crippen LogP contribution in [-0.2, 0) is 4.79 Å². The molecule has 1 aliphatic rings. The fourth-order valence-electron chi connectivity index (χ4n) is 3.28. The molecule has 1 unspecified atom stereocenters. The van der Waals surface area contributed by atoms with E-state index in [2.05, 4.69) is 18.7 Å². The number of ketones is 1. The summed E-state index contributed by atoms with van der Waals surface area (Å²) in [7, 11) is 0. The normalized spacial score (nSPS) is 24.8. The van der Waals surface area contributed by atoms with E-state index in [1.54, 1.807) is 0 Å². The van der Waals surface area contributed by atoms with Gasteiger partial charge in [0.05, 0.1) is 0 Å². The lowest BCUT2D eigenvalue weighted by Crippen LogP contribution is -2.41. The zero-order valence-corrected chi connectivity index (χ0v) is 12.7. The number of Topliss-reactive ketones (excluding diaryl/α,β-unsaturated/α-hetero) is 1. The Hall–Kier alpha value is -0.370. The summed E-state index contributed by atoms with van der Waals surface area (Å²) in [4.78, 5) is 14.8. The Morgan fingerprint density at radius 2 is 1.78 bits per heavy atom. The van der Waals surface area contributed by atoms with E-state index < -0.39 is 0 Å². The van der Waals surface area contributed by atoms with Gasteiger partial charge in [0, 0.05) is 17.9 Å². The molecule has 1 fully saturated rings. The van der Waals surface area contributed by atoms with Crippen LogP contribution >= 0.6 is 0 Å². The average Bonchev–Trinajstić information content (AvgIpc) is 2.37. The first-order chi connectivity index (χ1) is 8.60. The highest BCUT2D eigenvalue weighted by molar-refractivity contribution is 5.82. The van der Waals surface area contributed by atoms with Crippen molar-refractivity contribution in [3.05, 3.63) is 0 Å². The molecule has 0 aromatic heterocycles. The molecule has 2 nitrogen and oxygen atoms in total. The monoisotopic (exact) mass is 253 g/mol. The summed E-state index contributed by atoms with van der Waals surface area (Å²) in [6, 6.07) is 0.659. The van der Waals surface area contributed by atoms with E-state index in [9.17, 15) is 4.79 Å². The maximum absolute atomic E-state index is 12.2. The molecule has 0 N–H and O–H groups in total. The van der Waals surface area contributed by atoms with E-state index in [1.807, 2.05) is 13.8 Å². The summed E-state index contributed by atoms with van der Waals surface area (Å²) < 4.78 is 0. The lowest BCUT2D eigenvalue weighted by molar-refractivity contribution is -0.127. The first-order valence-electron chi connectivity index (χ1n) is 7.87. The third kappa shape index (κ3) is 4.38. The Kier molecular flexibility index (Phi) is 6.91. The van der Waals surface area contributed by atoms with Crippen molar-refractivity contribution >= 4 is 5.78 Å². The van der Waals surface area contributed by atoms with E-state index >= 15 is 0 Å². The van der Waals surface area contributed by atoms with E-state index in [0.717, 1.165) is 12.8 Å². The number of rotatable bonds is 7. The molecule has 0 amide bonds. The zero-order valence-electron chi connectivity index (χ0n) is 12.7. The Morgan fingerprint density at radius 1 is 1.17 bits per heavy atom. The van der Waals surface area contributed by atoms with Crippen LogP contribution in [0.4, 0.5) is 0 Å². The molecule has 0 aromatic rings. The van der Waals surface area contributed by atoms with Gasteiger partial charge < -0.3 is 4.90 Å². The van der Waals surface area contributed by atoms with Gasteiger partial charge in [-0.1, -0.05) is 34.1 Å². The molecule has 0 aromatic carbocycles. The van der Waals surface area contributed by atoms with Crippen molar-refractivity contribution in [3.8, 4) is 0 Å². The van der Waals surface area contributed by atoms with E-state index in [-0.39, 0.29) is 5.92 Å². The molecule has 0 bridgehead atoms. The second kappa shape index (κ2) is 7.93. The smallest absolute Gasteiger partial charge is 0.138 e. The highest BCUT2D eigenvalue weighted by Crippen LogP contribution is 2.30. The van der Waals surface area contributed by atoms with Crippen LogP contribution in [0.25, 0.3) is 0 Å². The maximum Gasteiger partial charge on any atom is 0.138 e. The van der Waals surface area contributed by atoms with Crippen LogP contribution < -0.4 is 0 Å². The van der Waals surface area contributed by atoms with Gasteiger partial charge in [0.25, 0.3) is 0 Å². The highest BCUT2D eigenvalue weighted by atomic mass is 16.1. The summed E-state index contributed by atoms with van der Waals surface area (Å²) in [5, 5.41) is 0. The van der Waals surface area contributed by atoms with E-state index in [0.29, 0.717) is 17.7 Å². The first kappa shape index (κ1) is 15.7. The Bertz CT molecular complexity index is 243. The third-order valence-electron chi connectivity index (χ3n) is 4.16. The largest absolute Gasteiger partial charge is 0.300 e. The summed E-state index contributed by atoms with van der Waals surface area (Å²) in [5.41, 5.74) is 0. The predicted molar refractivity (Wildman–Crippen MR) is 77.7 cm³/mol. The molecule has 18 heavy (non-hydrogen) atoms. The van der Waals surface area contributed by atoms with Crippen molar-refractivity contribution in [1.82, 2.24) is 4.90 Å². The number of nitrogens with zero attached hydrogens (tertiary/aromatic N) is 1. The van der Waals surface area contributed by atoms with Gasteiger partial charge in [0.15, 0.2) is 0 Å². The Morgan fingerprint density at radius 3 is 2.28 bits per heavy atom. The van der Waals surface area contributed by atoms with Gasteiger partial charge >= 0.3 is 0 Å². The van der Waals surface area contributed by atoms with Crippen LogP contribution in [0, 0.1) is 11.8 Å². The highest BCUT2D eigenvalue weighted by Gasteiger charge is 2.30. The van der Waals surface area contributed by atoms with Crippen LogP contribution in [0.5, 0.6) is 0 Å². The summed E-state index contributed by atoms with van der Waals surface area (Å²) in [5.74, 6) is 1.03. The molecule has 2 atom stereocenters. The zero-order chi connectivity index (χ0) is 13.5. The lowest BCUT2D eigenvalue weighted by atomic mass is 9.79. The minimum absolute atomic E-state index is 0.208. The average molecular weight is 253 g/mol. The van der Waals surface area contributed by atoms with Crippen LogP contribution in [-0.4, -0.2) is 29.8 Å². The molecule has 1 rings (SSSR count). The van der Waals surface area contributed by atoms with Crippen molar-refractivity contribution < 1.29 is 4.79 Å². The number of carbonyl (C=O) groups is 1. The quantitative estimate of drug-likeness (QED) is 0.686. The molecule has 2 heteroatoms. The van der Waals surface area contributed by atoms with Gasteiger partial charge in [-0.15, -0.1) is 0 Å². The second-order valence-corrected chi connectivity index (χ2v) is 6.11. The molecule has 1 aliphatic carbocycles. The summed E-state index contributed by atoms with van der Waals surface area (Å²) in [6.45, 7) is 11.0. The fraction of sp³-hybridized carbons (Fsp3) is 0.938. The standard InChI is InChI=1S/C16H31NO/c1-5-10-17(11-6-2)15-9-7-8-14(12-15)16(18)13(3)4/h13-15H,5-12H2,1-4H3/t14?,15-/m1/s1. The molecule has 0 radical (unpaired) electrons. The topological polar surface area (TPSA) is 20.3 Å². The fourth-order valence-corrected chi connectivity index (χ4v) is 3.28. The van der Waals surface area contributed by atoms with Gasteiger partial charge in [-0.2, -0.15) is 0 Å². The summed E-state index contributed by atoms with van der Waals surface area (Å²) in [6.07, 6.45) is 7.20. The van der Waals surface area contributed by atoms with Gasteiger partial charge in [-0.25, -0.2) is 0 Å². The van der Waals surface area contributed by atoms with Crippen molar-refractivity contribution in [2.24, 2.45) is 11.8 Å². The number of carbonyl (C=O) groups excluding carboxylic acids is 1. The summed E-state index contributed by atoms with van der Waals surface area (Å²) >= 11 is 0. The molecule has 0 heterocycles. The van der Waals surface area contributed by atoms with Gasteiger partial charge in [-0.05, 0) is 45.2 Å². The molecule has 0 aliphatic heterocycles. The van der Waals surface area contributed by atoms with Crippen molar-refractivity contribution in [1.29, 1.82) is 0 Å². The van der Waals surface area contributed by atoms with Crippen LogP contribution in [0.1, 0.15) is 66.2 Å². The minimum atomic E-state index is 0.208. The molecule has 1 saturated carbocycles. The Balaban J connectivity index is 2.58. The molecule has 106 valence electrons. The second-order valence-electron chi connectivity index (χ2n) is 6.11. The number of hydrogen-bond donors (Lipinski definition) is 0. The molecule has 0 spiro atoms. The van der Waals surface area contributed by atoms with E-state index in [1.165, 1.54) is 38.8 Å². The van der Waals surface area contributed by atoms with Crippen LogP contribution in [0.3, 0.4) is 0 Å². The molecule has 0 saturated heterocycles. The van der Waals surface area contributed by atoms with E-state index in [4.69, 9.17) is 0 Å². The van der Waals surface area contributed by atoms with Crippen LogP contribution in [0.15, 0.2) is 0 Å². The van der Waals surface area contributed by atoms with Crippen LogP contribution in [0.2, 0.25) is 0 Å². The van der Waals surface area contributed by atoms with Gasteiger partial charge in [0.2, 0.25) is 0 Å². The number of hydrogen-bond acceptors (Lipinski definition) is 2. The van der Waals surface area contributed by atoms with Gasteiger partial charge in [-0.3, -0.25) is 4.79 Å². The molecular formula is C16H31NO. The van der Waals surface area contributed by atoms with Crippen molar-refractivity contribution in [3.63, 3.8) is 0 Å². The van der Waals surface area contributed by atoms with Crippen molar-refractivity contribution in [2.75, 3.05) is 13.1 Å². The van der Waals surface area contributed by atoms with Gasteiger partial charge in [0.1, 0.15) is 5.78 Å². The predicted octanol–water partition coefficient (Wildman–Crippen LogP) is 3.89. The maximum atomic E-state index is 12.2. The lowest BCUT2D eigenvalue weighted by Gasteiger charge is -2.37.